The average Bonchev–Trinajstić information content (AvgIpc) is 2.17. The summed E-state index contributed by atoms with van der Waals surface area (Å²) >= 11 is 0. The van der Waals surface area contributed by atoms with Crippen molar-refractivity contribution in [3.63, 3.8) is 0 Å². The fraction of sp³-hybridized carbons (Fsp3) is 0.333. The summed E-state index contributed by atoms with van der Waals surface area (Å²) in [6, 6.07) is 1.76. The van der Waals surface area contributed by atoms with Crippen molar-refractivity contribution in [2.45, 2.75) is 19.4 Å². The zero-order valence-electron chi connectivity index (χ0n) is 7.03. The van der Waals surface area contributed by atoms with Crippen LogP contribution in [-0.2, 0) is 0 Å². The largest absolute Gasteiger partial charge is 0.324 e. The maximum atomic E-state index is 10.4. The Morgan fingerprint density at radius 3 is 3.00 bits per heavy atom. The van der Waals surface area contributed by atoms with E-state index in [1.807, 2.05) is 6.92 Å². The molecule has 1 aromatic rings. The molecule has 3 heteroatoms. The molecule has 0 fully saturated rings. The van der Waals surface area contributed by atoms with Crippen LogP contribution in [0, 0.1) is 0 Å². The second-order valence-corrected chi connectivity index (χ2v) is 2.68. The van der Waals surface area contributed by atoms with Gasteiger partial charge in [0, 0.05) is 24.0 Å². The van der Waals surface area contributed by atoms with Crippen LogP contribution in [-0.4, -0.2) is 11.3 Å². The van der Waals surface area contributed by atoms with Crippen molar-refractivity contribution in [3.8, 4) is 0 Å². The number of nitrogens with zero attached hydrogens (tertiary/aromatic N) is 1. The third-order valence-electron chi connectivity index (χ3n) is 1.78. The number of carbonyl (C=O) groups excluding carboxylic acids is 1. The molecule has 12 heavy (non-hydrogen) atoms. The van der Waals surface area contributed by atoms with Crippen molar-refractivity contribution in [1.29, 1.82) is 0 Å². The van der Waals surface area contributed by atoms with Crippen molar-refractivity contribution < 1.29 is 4.79 Å². The minimum absolute atomic E-state index is 0.0163. The number of pyridine rings is 1. The van der Waals surface area contributed by atoms with E-state index in [-0.39, 0.29) is 6.04 Å². The van der Waals surface area contributed by atoms with Crippen molar-refractivity contribution >= 4 is 6.29 Å². The molecule has 1 aromatic heterocycles. The van der Waals surface area contributed by atoms with Gasteiger partial charge in [0.15, 0.2) is 6.29 Å². The third kappa shape index (κ3) is 1.89. The lowest BCUT2D eigenvalue weighted by Crippen LogP contribution is -2.09. The highest BCUT2D eigenvalue weighted by molar-refractivity contribution is 5.74. The normalized spacial score (nSPS) is 12.5. The Kier molecular flexibility index (Phi) is 2.94. The predicted octanol–water partition coefficient (Wildman–Crippen LogP) is 1.30. The van der Waals surface area contributed by atoms with Crippen LogP contribution in [0.25, 0.3) is 0 Å². The first-order valence-corrected chi connectivity index (χ1v) is 3.93. The number of hydrogen-bond acceptors (Lipinski definition) is 3. The zero-order valence-corrected chi connectivity index (χ0v) is 7.03. The molecule has 0 saturated heterocycles. The van der Waals surface area contributed by atoms with E-state index in [1.54, 1.807) is 12.3 Å². The van der Waals surface area contributed by atoms with Crippen LogP contribution >= 0.6 is 0 Å². The summed E-state index contributed by atoms with van der Waals surface area (Å²) in [4.78, 5) is 14.3. The summed E-state index contributed by atoms with van der Waals surface area (Å²) in [5.74, 6) is 0. The highest BCUT2D eigenvalue weighted by Crippen LogP contribution is 2.12. The summed E-state index contributed by atoms with van der Waals surface area (Å²) in [5.41, 5.74) is 7.26. The van der Waals surface area contributed by atoms with E-state index < -0.39 is 0 Å². The molecular weight excluding hydrogens is 152 g/mol. The fourth-order valence-corrected chi connectivity index (χ4v) is 0.979. The molecule has 1 rings (SSSR count). The maximum Gasteiger partial charge on any atom is 0.151 e. The molecule has 1 heterocycles. The van der Waals surface area contributed by atoms with Gasteiger partial charge in [-0.15, -0.1) is 0 Å². The first-order valence-electron chi connectivity index (χ1n) is 3.93. The number of carbonyl (C=O) groups is 1. The Bertz CT molecular complexity index is 273. The van der Waals surface area contributed by atoms with Crippen LogP contribution in [0.2, 0.25) is 0 Å². The molecule has 0 amide bonds. The molecule has 0 aliphatic heterocycles. The fourth-order valence-electron chi connectivity index (χ4n) is 0.979. The molecule has 64 valence electrons. The molecule has 0 saturated carbocycles. The van der Waals surface area contributed by atoms with Gasteiger partial charge in [0.05, 0.1) is 0 Å². The Hall–Kier alpha value is -1.22. The van der Waals surface area contributed by atoms with E-state index >= 15 is 0 Å². The van der Waals surface area contributed by atoms with Gasteiger partial charge in [-0.1, -0.05) is 6.92 Å². The number of nitrogens with two attached hydrogens (primary N) is 1. The Morgan fingerprint density at radius 2 is 2.42 bits per heavy atom. The molecule has 0 aromatic carbocycles. The van der Waals surface area contributed by atoms with Gasteiger partial charge in [-0.3, -0.25) is 9.78 Å². The topological polar surface area (TPSA) is 56.0 Å². The quantitative estimate of drug-likeness (QED) is 0.685. The molecular formula is C9H12N2O. The smallest absolute Gasteiger partial charge is 0.151 e. The van der Waals surface area contributed by atoms with Crippen LogP contribution in [0.5, 0.6) is 0 Å². The third-order valence-corrected chi connectivity index (χ3v) is 1.78. The van der Waals surface area contributed by atoms with Gasteiger partial charge < -0.3 is 5.73 Å². The van der Waals surface area contributed by atoms with Crippen molar-refractivity contribution in [2.24, 2.45) is 5.73 Å². The second-order valence-electron chi connectivity index (χ2n) is 2.68. The summed E-state index contributed by atoms with van der Waals surface area (Å²) in [7, 11) is 0. The van der Waals surface area contributed by atoms with Crippen molar-refractivity contribution in [3.05, 3.63) is 29.6 Å². The highest BCUT2D eigenvalue weighted by atomic mass is 16.1. The zero-order chi connectivity index (χ0) is 8.97. The number of aldehydes is 1. The first-order chi connectivity index (χ1) is 5.77. The van der Waals surface area contributed by atoms with E-state index in [9.17, 15) is 4.79 Å². The van der Waals surface area contributed by atoms with Gasteiger partial charge in [0.25, 0.3) is 0 Å². The number of aromatic nitrogens is 1. The molecule has 0 unspecified atom stereocenters. The maximum absolute atomic E-state index is 10.4. The van der Waals surface area contributed by atoms with Crippen LogP contribution < -0.4 is 5.73 Å². The minimum Gasteiger partial charge on any atom is -0.324 e. The van der Waals surface area contributed by atoms with Crippen LogP contribution in [0.1, 0.15) is 35.3 Å². The summed E-state index contributed by atoms with van der Waals surface area (Å²) in [6.07, 6.45) is 4.85. The first kappa shape index (κ1) is 8.87. The molecule has 1 atom stereocenters. The van der Waals surface area contributed by atoms with E-state index in [4.69, 9.17) is 5.73 Å². The minimum atomic E-state index is -0.0163. The van der Waals surface area contributed by atoms with Gasteiger partial charge in [-0.2, -0.15) is 0 Å². The molecule has 0 radical (unpaired) electrons. The van der Waals surface area contributed by atoms with Gasteiger partial charge >= 0.3 is 0 Å². The molecule has 0 spiro atoms. The number of hydrogen-bond donors (Lipinski definition) is 1. The van der Waals surface area contributed by atoms with Crippen LogP contribution in [0.4, 0.5) is 0 Å². The van der Waals surface area contributed by atoms with Gasteiger partial charge in [0.1, 0.15) is 0 Å². The molecule has 3 nitrogen and oxygen atoms in total. The van der Waals surface area contributed by atoms with Gasteiger partial charge in [-0.25, -0.2) is 0 Å². The number of rotatable bonds is 3. The van der Waals surface area contributed by atoms with Gasteiger partial charge in [0.2, 0.25) is 0 Å². The summed E-state index contributed by atoms with van der Waals surface area (Å²) in [6.45, 7) is 2.00. The predicted molar refractivity (Wildman–Crippen MR) is 46.8 cm³/mol. The van der Waals surface area contributed by atoms with Crippen molar-refractivity contribution in [2.75, 3.05) is 0 Å². The molecule has 0 aliphatic carbocycles. The molecule has 0 aliphatic rings. The average molecular weight is 164 g/mol. The summed E-state index contributed by atoms with van der Waals surface area (Å²) < 4.78 is 0. The van der Waals surface area contributed by atoms with Crippen LogP contribution in [0.15, 0.2) is 18.5 Å². The van der Waals surface area contributed by atoms with E-state index in [1.165, 1.54) is 6.20 Å². The highest BCUT2D eigenvalue weighted by Gasteiger charge is 2.03. The molecule has 0 bridgehead atoms. The monoisotopic (exact) mass is 164 g/mol. The van der Waals surface area contributed by atoms with E-state index in [2.05, 4.69) is 4.98 Å². The van der Waals surface area contributed by atoms with E-state index in [0.717, 1.165) is 18.3 Å². The van der Waals surface area contributed by atoms with E-state index in [0.29, 0.717) is 5.56 Å². The Morgan fingerprint density at radius 1 is 1.67 bits per heavy atom. The Balaban J connectivity index is 2.93. The van der Waals surface area contributed by atoms with Crippen molar-refractivity contribution in [1.82, 2.24) is 4.98 Å². The summed E-state index contributed by atoms with van der Waals surface area (Å²) in [5, 5.41) is 0. The molecule has 2 N–H and O–H groups in total. The standard InChI is InChI=1S/C9H12N2O/c1-2-9(10)8-3-7(6-12)4-11-5-8/h3-6,9H,2,10H2,1H3/t9-/m1/s1. The lowest BCUT2D eigenvalue weighted by Gasteiger charge is -2.07. The van der Waals surface area contributed by atoms with Crippen LogP contribution in [0.3, 0.4) is 0 Å². The lowest BCUT2D eigenvalue weighted by molar-refractivity contribution is 0.112. The second kappa shape index (κ2) is 3.97. The Labute approximate surface area is 71.6 Å². The van der Waals surface area contributed by atoms with Gasteiger partial charge in [-0.05, 0) is 18.1 Å². The lowest BCUT2D eigenvalue weighted by atomic mass is 10.1. The SMILES string of the molecule is CC[C@@H](N)c1cncc(C=O)c1.